The second-order valence-electron chi connectivity index (χ2n) is 8.28. The third kappa shape index (κ3) is 5.22. The number of ether oxygens (including phenoxy) is 2. The molecule has 0 aliphatic carbocycles. The van der Waals surface area contributed by atoms with Gasteiger partial charge in [-0.2, -0.15) is 0 Å². The van der Waals surface area contributed by atoms with Crippen LogP contribution in [0.1, 0.15) is 34.8 Å². The van der Waals surface area contributed by atoms with E-state index in [9.17, 15) is 18.7 Å². The smallest absolute Gasteiger partial charge is 0.265 e. The van der Waals surface area contributed by atoms with Gasteiger partial charge in [0.15, 0.2) is 0 Å². The number of benzene rings is 2. The molecule has 2 aliphatic rings. The van der Waals surface area contributed by atoms with Gasteiger partial charge < -0.3 is 24.4 Å². The van der Waals surface area contributed by atoms with Crippen LogP contribution in [0.4, 0.5) is 20.2 Å². The number of carbonyl (C=O) groups is 1. The molecule has 8 heteroatoms. The summed E-state index contributed by atoms with van der Waals surface area (Å²) in [5.74, 6) is -1.13. The zero-order valence-electron chi connectivity index (χ0n) is 19.5. The van der Waals surface area contributed by atoms with Crippen LogP contribution in [0.2, 0.25) is 0 Å². The number of carbonyl (C=O) groups excluding carboxylic acids is 1. The van der Waals surface area contributed by atoms with E-state index in [4.69, 9.17) is 9.47 Å². The Bertz CT molecular complexity index is 1170. The van der Waals surface area contributed by atoms with Gasteiger partial charge in [0.1, 0.15) is 30.4 Å². The lowest BCUT2D eigenvalue weighted by atomic mass is 10.1. The Balaban J connectivity index is 1.64. The van der Waals surface area contributed by atoms with E-state index in [0.29, 0.717) is 26.3 Å². The second kappa shape index (κ2) is 10.7. The Hall–Kier alpha value is -3.65. The van der Waals surface area contributed by atoms with Gasteiger partial charge in [-0.3, -0.25) is 4.79 Å². The normalized spacial score (nSPS) is 15.8. The van der Waals surface area contributed by atoms with Gasteiger partial charge in [0.05, 0.1) is 6.61 Å². The first-order valence-electron chi connectivity index (χ1n) is 11.4. The fourth-order valence-electron chi connectivity index (χ4n) is 4.21. The number of hydrogen-bond donors (Lipinski definition) is 1. The lowest BCUT2D eigenvalue weighted by Gasteiger charge is -2.22. The van der Waals surface area contributed by atoms with Gasteiger partial charge in [-0.25, -0.2) is 8.78 Å². The lowest BCUT2D eigenvalue weighted by molar-refractivity contribution is 0.0982. The number of phenols is 1. The quantitative estimate of drug-likeness (QED) is 0.511. The third-order valence-corrected chi connectivity index (χ3v) is 6.10. The molecule has 35 heavy (non-hydrogen) atoms. The fourth-order valence-corrected chi connectivity index (χ4v) is 4.21. The predicted molar refractivity (Wildman–Crippen MR) is 132 cm³/mol. The molecule has 0 spiro atoms. The number of allylic oxidation sites excluding steroid dienone is 3. The molecule has 2 aliphatic heterocycles. The van der Waals surface area contributed by atoms with E-state index in [1.807, 2.05) is 25.1 Å². The average molecular weight is 483 g/mol. The summed E-state index contributed by atoms with van der Waals surface area (Å²) in [7, 11) is 0. The Kier molecular flexibility index (Phi) is 7.51. The highest BCUT2D eigenvalue weighted by molar-refractivity contribution is 6.11. The van der Waals surface area contributed by atoms with E-state index in [2.05, 4.69) is 11.5 Å². The number of halogens is 2. The van der Waals surface area contributed by atoms with E-state index in [0.717, 1.165) is 41.2 Å². The molecule has 1 N–H and O–H groups in total. The zero-order valence-corrected chi connectivity index (χ0v) is 19.5. The largest absolute Gasteiger partial charge is 0.507 e. The van der Waals surface area contributed by atoms with Crippen molar-refractivity contribution in [3.05, 3.63) is 83.5 Å². The summed E-state index contributed by atoms with van der Waals surface area (Å²) in [5, 5.41) is 10.6. The summed E-state index contributed by atoms with van der Waals surface area (Å²) in [6, 6.07) is 7.89. The number of aromatic hydroxyl groups is 1. The summed E-state index contributed by atoms with van der Waals surface area (Å²) in [6.07, 6.45) is 4.72. The Morgan fingerprint density at radius 3 is 2.80 bits per heavy atom. The summed E-state index contributed by atoms with van der Waals surface area (Å²) in [6.45, 7) is 7.90. The molecule has 0 bridgehead atoms. The monoisotopic (exact) mass is 482 g/mol. The van der Waals surface area contributed by atoms with Gasteiger partial charge in [-0.15, -0.1) is 0 Å². The number of amides is 1. The minimum absolute atomic E-state index is 0.0328. The fraction of sp³-hybridized carbons (Fsp3) is 0.296. The van der Waals surface area contributed by atoms with Crippen LogP contribution in [0.25, 0.3) is 0 Å². The van der Waals surface area contributed by atoms with Crippen LogP contribution in [-0.4, -0.2) is 44.0 Å². The topological polar surface area (TPSA) is 62.2 Å². The highest BCUT2D eigenvalue weighted by Gasteiger charge is 2.31. The van der Waals surface area contributed by atoms with Crippen LogP contribution in [0.15, 0.2) is 66.8 Å². The maximum Gasteiger partial charge on any atom is 0.265 e. The van der Waals surface area contributed by atoms with Crippen LogP contribution < -0.4 is 14.5 Å². The molecule has 1 amide bonds. The number of anilines is 2. The number of nitrogens with zero attached hydrogens (tertiary/aromatic N) is 2. The Labute approximate surface area is 203 Å². The molecule has 0 unspecified atom stereocenters. The van der Waals surface area contributed by atoms with Crippen molar-refractivity contribution in [3.63, 3.8) is 0 Å². The maximum atomic E-state index is 13.6. The molecule has 2 heterocycles. The SMILES string of the molecule is C=C/C=C\C(=C/C)COc1cc(C(F)F)cc(O)c1C(=O)N1CCc2cc(N3CCOC3)ccc21. The van der Waals surface area contributed by atoms with Crippen LogP contribution in [-0.2, 0) is 11.2 Å². The standard InChI is InChI=1S/C27H28F2N2O4/c1-3-5-6-18(4-2)16-35-24-15-20(26(28)29)14-23(32)25(24)27(33)31-10-9-19-13-21(7-8-22(19)31)30-11-12-34-17-30/h3-8,13-15,26,32H,1,9-12,16-17H2,2H3/b6-5-,18-4+. The molecule has 1 saturated heterocycles. The summed E-state index contributed by atoms with van der Waals surface area (Å²) in [5.41, 5.74) is 2.95. The van der Waals surface area contributed by atoms with E-state index in [1.54, 1.807) is 29.2 Å². The van der Waals surface area contributed by atoms with Crippen molar-refractivity contribution in [3.8, 4) is 11.5 Å². The Morgan fingerprint density at radius 2 is 2.11 bits per heavy atom. The van der Waals surface area contributed by atoms with Gasteiger partial charge in [-0.1, -0.05) is 30.9 Å². The summed E-state index contributed by atoms with van der Waals surface area (Å²) >= 11 is 0. The lowest BCUT2D eigenvalue weighted by Crippen LogP contribution is -2.29. The van der Waals surface area contributed by atoms with Crippen molar-refractivity contribution in [2.24, 2.45) is 0 Å². The van der Waals surface area contributed by atoms with Gasteiger partial charge in [0, 0.05) is 30.0 Å². The molecule has 4 rings (SSSR count). The molecule has 0 atom stereocenters. The maximum absolute atomic E-state index is 13.6. The van der Waals surface area contributed by atoms with Crippen molar-refractivity contribution >= 4 is 17.3 Å². The van der Waals surface area contributed by atoms with Crippen LogP contribution >= 0.6 is 0 Å². The first kappa shape index (κ1) is 24.5. The minimum atomic E-state index is -2.82. The van der Waals surface area contributed by atoms with E-state index in [1.165, 1.54) is 0 Å². The summed E-state index contributed by atoms with van der Waals surface area (Å²) in [4.78, 5) is 17.3. The van der Waals surface area contributed by atoms with Gasteiger partial charge in [-0.05, 0) is 54.8 Å². The van der Waals surface area contributed by atoms with Crippen molar-refractivity contribution in [1.29, 1.82) is 0 Å². The first-order valence-corrected chi connectivity index (χ1v) is 11.4. The zero-order chi connectivity index (χ0) is 24.9. The minimum Gasteiger partial charge on any atom is -0.507 e. The molecule has 0 saturated carbocycles. The van der Waals surface area contributed by atoms with Gasteiger partial charge in [0.25, 0.3) is 12.3 Å². The molecule has 2 aromatic rings. The number of hydrogen-bond acceptors (Lipinski definition) is 5. The molecular weight excluding hydrogens is 454 g/mol. The van der Waals surface area contributed by atoms with Crippen molar-refractivity contribution < 1.29 is 28.2 Å². The highest BCUT2D eigenvalue weighted by atomic mass is 19.3. The molecule has 2 aromatic carbocycles. The predicted octanol–water partition coefficient (Wildman–Crippen LogP) is 5.39. The summed E-state index contributed by atoms with van der Waals surface area (Å²) < 4.78 is 38.1. The van der Waals surface area contributed by atoms with Gasteiger partial charge >= 0.3 is 0 Å². The van der Waals surface area contributed by atoms with E-state index in [-0.39, 0.29) is 17.9 Å². The molecule has 0 radical (unpaired) electrons. The van der Waals surface area contributed by atoms with Crippen molar-refractivity contribution in [2.75, 3.05) is 42.8 Å². The van der Waals surface area contributed by atoms with E-state index >= 15 is 0 Å². The Morgan fingerprint density at radius 1 is 1.29 bits per heavy atom. The molecule has 0 aromatic heterocycles. The molecule has 6 nitrogen and oxygen atoms in total. The van der Waals surface area contributed by atoms with Crippen LogP contribution in [0.3, 0.4) is 0 Å². The number of rotatable bonds is 8. The van der Waals surface area contributed by atoms with Crippen LogP contribution in [0, 0.1) is 0 Å². The van der Waals surface area contributed by atoms with Crippen molar-refractivity contribution in [1.82, 2.24) is 0 Å². The third-order valence-electron chi connectivity index (χ3n) is 6.10. The van der Waals surface area contributed by atoms with E-state index < -0.39 is 23.6 Å². The number of fused-ring (bicyclic) bond motifs is 1. The molecular formula is C27H28F2N2O4. The second-order valence-corrected chi connectivity index (χ2v) is 8.28. The molecule has 1 fully saturated rings. The van der Waals surface area contributed by atoms with Crippen molar-refractivity contribution in [2.45, 2.75) is 19.8 Å². The highest BCUT2D eigenvalue weighted by Crippen LogP contribution is 2.39. The van der Waals surface area contributed by atoms with Gasteiger partial charge in [0.2, 0.25) is 0 Å². The number of phenolic OH excluding ortho intramolecular Hbond substituents is 1. The molecule has 184 valence electrons. The average Bonchev–Trinajstić information content (AvgIpc) is 3.53. The van der Waals surface area contributed by atoms with Crippen LogP contribution in [0.5, 0.6) is 11.5 Å². The first-order chi connectivity index (χ1) is 16.9. The number of alkyl halides is 2.